The van der Waals surface area contributed by atoms with Crippen LogP contribution >= 0.6 is 34.8 Å². The van der Waals surface area contributed by atoms with Crippen molar-refractivity contribution in [2.75, 3.05) is 7.11 Å². The van der Waals surface area contributed by atoms with E-state index in [1.54, 1.807) is 20.8 Å². The number of imide groups is 1. The molecule has 0 bridgehead atoms. The van der Waals surface area contributed by atoms with Gasteiger partial charge in [-0.1, -0.05) is 48.7 Å². The molecule has 10 heteroatoms. The largest absolute Gasteiger partial charge is 0.499 e. The van der Waals surface area contributed by atoms with Crippen LogP contribution in [0.25, 0.3) is 0 Å². The number of alkyl carbamates (subject to hydrolysis) is 1. The maximum atomic E-state index is 13.2. The molecule has 0 fully saturated rings. The van der Waals surface area contributed by atoms with Crippen molar-refractivity contribution in [2.45, 2.75) is 75.4 Å². The van der Waals surface area contributed by atoms with Gasteiger partial charge in [-0.15, -0.1) is 0 Å². The zero-order valence-corrected chi connectivity index (χ0v) is 19.8. The summed E-state index contributed by atoms with van der Waals surface area (Å²) in [7, 11) is 1.44. The van der Waals surface area contributed by atoms with E-state index in [2.05, 4.69) is 5.32 Å². The molecule has 1 aliphatic rings. The number of nitrogens with one attached hydrogen (secondary N) is 1. The molecular weight excluding hydrogens is 443 g/mol. The number of ether oxygens (including phenoxy) is 2. The molecule has 3 amide bonds. The van der Waals surface area contributed by atoms with Gasteiger partial charge in [0.05, 0.1) is 13.2 Å². The van der Waals surface area contributed by atoms with Gasteiger partial charge in [0.2, 0.25) is 0 Å². The van der Waals surface area contributed by atoms with Crippen molar-refractivity contribution >= 4 is 52.7 Å². The van der Waals surface area contributed by atoms with E-state index in [-0.39, 0.29) is 18.8 Å². The zero-order chi connectivity index (χ0) is 22.6. The number of alkyl halides is 3. The van der Waals surface area contributed by atoms with Crippen LogP contribution in [0.5, 0.6) is 0 Å². The highest BCUT2D eigenvalue weighted by molar-refractivity contribution is 6.67. The number of carbonyl (C=O) groups is 3. The Morgan fingerprint density at radius 1 is 1.24 bits per heavy atom. The minimum atomic E-state index is -1.61. The third-order valence-corrected chi connectivity index (χ3v) is 4.58. The summed E-state index contributed by atoms with van der Waals surface area (Å²) >= 11 is 17.5. The third kappa shape index (κ3) is 8.60. The second-order valence-corrected chi connectivity index (χ2v) is 10.8. The number of rotatable bonds is 7. The van der Waals surface area contributed by atoms with Gasteiger partial charge < -0.3 is 14.8 Å². The van der Waals surface area contributed by atoms with Gasteiger partial charge in [-0.05, 0) is 46.0 Å². The van der Waals surface area contributed by atoms with Crippen LogP contribution in [0.15, 0.2) is 11.8 Å². The Kier molecular flexibility index (Phi) is 9.12. The van der Waals surface area contributed by atoms with E-state index in [1.807, 2.05) is 13.8 Å². The second-order valence-electron chi connectivity index (χ2n) is 8.30. The van der Waals surface area contributed by atoms with Crippen LogP contribution in [0.4, 0.5) is 4.79 Å². The summed E-state index contributed by atoms with van der Waals surface area (Å²) in [4.78, 5) is 39.1. The van der Waals surface area contributed by atoms with Gasteiger partial charge in [-0.25, -0.2) is 4.79 Å². The molecule has 1 aliphatic heterocycles. The lowest BCUT2D eigenvalue weighted by Crippen LogP contribution is -2.53. The summed E-state index contributed by atoms with van der Waals surface area (Å²) < 4.78 is 8.90. The van der Waals surface area contributed by atoms with E-state index in [1.165, 1.54) is 13.2 Å². The first kappa shape index (κ1) is 25.9. The van der Waals surface area contributed by atoms with Crippen LogP contribution in [0.1, 0.15) is 53.9 Å². The molecule has 1 rings (SSSR count). The summed E-state index contributed by atoms with van der Waals surface area (Å²) in [5.74, 6) is -0.529. The molecule has 7 nitrogen and oxygen atoms in total. The lowest BCUT2D eigenvalue weighted by Gasteiger charge is -2.30. The van der Waals surface area contributed by atoms with Crippen molar-refractivity contribution in [2.24, 2.45) is 5.92 Å². The minimum Gasteiger partial charge on any atom is -0.499 e. The number of carbonyl (C=O) groups excluding carboxylic acids is 3. The van der Waals surface area contributed by atoms with Crippen molar-refractivity contribution in [3.8, 4) is 0 Å². The fourth-order valence-corrected chi connectivity index (χ4v) is 3.20. The monoisotopic (exact) mass is 470 g/mol. The molecule has 0 aromatic rings. The molecule has 2 atom stereocenters. The Balaban J connectivity index is 3.10. The minimum absolute atomic E-state index is 0.00862. The van der Waals surface area contributed by atoms with Gasteiger partial charge in [0.1, 0.15) is 17.4 Å². The summed E-state index contributed by atoms with van der Waals surface area (Å²) in [6.07, 6.45) is 0.998. The van der Waals surface area contributed by atoms with Crippen molar-refractivity contribution in [1.29, 1.82) is 0 Å². The van der Waals surface area contributed by atoms with Gasteiger partial charge >= 0.3 is 6.09 Å². The second kappa shape index (κ2) is 10.2. The SMILES string of the molecule is COC1=CC(=O)N(C(=O)[C@@H](CCC(Cl)(Cl)Cl)NC(=O)OC(C)(C)C)[C@@H]1CC(C)C. The average Bonchev–Trinajstić information content (AvgIpc) is 2.83. The number of halogens is 3. The highest BCUT2D eigenvalue weighted by Gasteiger charge is 2.42. The molecule has 0 spiro atoms. The first-order chi connectivity index (χ1) is 13.1. The van der Waals surface area contributed by atoms with E-state index in [0.29, 0.717) is 12.2 Å². The van der Waals surface area contributed by atoms with E-state index < -0.39 is 39.4 Å². The molecular formula is C19H29Cl3N2O5. The normalized spacial score (nSPS) is 18.6. The molecule has 0 aromatic heterocycles. The summed E-state index contributed by atoms with van der Waals surface area (Å²) in [5.41, 5.74) is -0.763. The van der Waals surface area contributed by atoms with Crippen LogP contribution in [0, 0.1) is 5.92 Å². The predicted molar refractivity (Wildman–Crippen MR) is 113 cm³/mol. The Bertz CT molecular complexity index is 653. The zero-order valence-electron chi connectivity index (χ0n) is 17.6. The average molecular weight is 472 g/mol. The first-order valence-electron chi connectivity index (χ1n) is 9.33. The summed E-state index contributed by atoms with van der Waals surface area (Å²) in [6, 6.07) is -1.67. The first-order valence-corrected chi connectivity index (χ1v) is 10.5. The van der Waals surface area contributed by atoms with Gasteiger partial charge in [0.15, 0.2) is 3.79 Å². The molecule has 0 saturated carbocycles. The third-order valence-electron chi connectivity index (χ3n) is 4.02. The molecule has 1 heterocycles. The molecule has 0 aromatic carbocycles. The Labute approximate surface area is 187 Å². The molecule has 29 heavy (non-hydrogen) atoms. The summed E-state index contributed by atoms with van der Waals surface area (Å²) in [6.45, 7) is 9.03. The quantitative estimate of drug-likeness (QED) is 0.558. The topological polar surface area (TPSA) is 84.9 Å². The van der Waals surface area contributed by atoms with Crippen molar-refractivity contribution in [3.05, 3.63) is 11.8 Å². The van der Waals surface area contributed by atoms with Crippen LogP contribution in [0.3, 0.4) is 0 Å². The number of methoxy groups -OCH3 is 1. The number of amides is 3. The Morgan fingerprint density at radius 2 is 1.83 bits per heavy atom. The van der Waals surface area contributed by atoms with Gasteiger partial charge in [0.25, 0.3) is 11.8 Å². The number of hydrogen-bond acceptors (Lipinski definition) is 5. The molecule has 166 valence electrons. The maximum Gasteiger partial charge on any atom is 0.408 e. The smallest absolute Gasteiger partial charge is 0.408 e. The number of nitrogens with zero attached hydrogens (tertiary/aromatic N) is 1. The molecule has 0 radical (unpaired) electrons. The van der Waals surface area contributed by atoms with E-state index in [4.69, 9.17) is 44.3 Å². The lowest BCUT2D eigenvalue weighted by molar-refractivity contribution is -0.145. The van der Waals surface area contributed by atoms with Crippen molar-refractivity contribution < 1.29 is 23.9 Å². The van der Waals surface area contributed by atoms with Crippen LogP contribution in [0.2, 0.25) is 0 Å². The van der Waals surface area contributed by atoms with Crippen LogP contribution in [-0.2, 0) is 19.1 Å². The van der Waals surface area contributed by atoms with Crippen molar-refractivity contribution in [1.82, 2.24) is 10.2 Å². The maximum absolute atomic E-state index is 13.2. The van der Waals surface area contributed by atoms with E-state index >= 15 is 0 Å². The molecule has 0 unspecified atom stereocenters. The fraction of sp³-hybridized carbons (Fsp3) is 0.737. The Morgan fingerprint density at radius 3 is 2.28 bits per heavy atom. The van der Waals surface area contributed by atoms with Gasteiger partial charge in [-0.3, -0.25) is 14.5 Å². The summed E-state index contributed by atoms with van der Waals surface area (Å²) in [5, 5.41) is 2.51. The van der Waals surface area contributed by atoms with Gasteiger partial charge in [0, 0.05) is 6.08 Å². The molecule has 0 aliphatic carbocycles. The van der Waals surface area contributed by atoms with E-state index in [0.717, 1.165) is 4.90 Å². The Hall–Kier alpha value is -1.18. The van der Waals surface area contributed by atoms with Crippen molar-refractivity contribution in [3.63, 3.8) is 0 Å². The highest BCUT2D eigenvalue weighted by atomic mass is 35.6. The van der Waals surface area contributed by atoms with Gasteiger partial charge in [-0.2, -0.15) is 0 Å². The fourth-order valence-electron chi connectivity index (χ4n) is 2.88. The lowest BCUT2D eigenvalue weighted by atomic mass is 10.0. The predicted octanol–water partition coefficient (Wildman–Crippen LogP) is 4.34. The van der Waals surface area contributed by atoms with Crippen LogP contribution < -0.4 is 5.32 Å². The molecule has 1 N–H and O–H groups in total. The number of hydrogen-bond donors (Lipinski definition) is 1. The standard InChI is InChI=1S/C19H29Cl3N2O5/c1-11(2)9-13-14(28-6)10-15(25)24(13)16(26)12(7-8-19(20,21)22)23-17(27)29-18(3,4)5/h10-13H,7-9H2,1-6H3,(H,23,27)/t12-,13-/m1/s1. The highest BCUT2D eigenvalue weighted by Crippen LogP contribution is 2.33. The van der Waals surface area contributed by atoms with E-state index in [9.17, 15) is 14.4 Å². The van der Waals surface area contributed by atoms with Crippen LogP contribution in [-0.4, -0.2) is 51.4 Å². The molecule has 0 saturated heterocycles.